The summed E-state index contributed by atoms with van der Waals surface area (Å²) in [6, 6.07) is 6.74. The van der Waals surface area contributed by atoms with Gasteiger partial charge in [-0.25, -0.2) is 9.37 Å². The minimum absolute atomic E-state index is 0.161. The van der Waals surface area contributed by atoms with Crippen LogP contribution in [-0.4, -0.2) is 38.8 Å². The number of β-amino-alcohol motifs (C(OH)–C–C–N with tert-alkyl or cyclic N) is 1. The lowest BCUT2D eigenvalue weighted by Gasteiger charge is -2.24. The van der Waals surface area contributed by atoms with Crippen molar-refractivity contribution in [1.29, 1.82) is 0 Å². The smallest absolute Gasteiger partial charge is 0.123 e. The van der Waals surface area contributed by atoms with Crippen LogP contribution in [0.1, 0.15) is 18.0 Å². The van der Waals surface area contributed by atoms with Gasteiger partial charge in [-0.3, -0.25) is 4.90 Å². The number of hydrogen-bond acceptors (Lipinski definition) is 3. The number of nitrogens with zero attached hydrogens (tertiary/aromatic N) is 3. The van der Waals surface area contributed by atoms with E-state index in [-0.39, 0.29) is 18.0 Å². The van der Waals surface area contributed by atoms with E-state index in [4.69, 9.17) is 0 Å². The van der Waals surface area contributed by atoms with Crippen LogP contribution >= 0.6 is 0 Å². The lowest BCUT2D eigenvalue weighted by molar-refractivity contribution is 0.173. The average Bonchev–Trinajstić information content (AvgIpc) is 3.06. The van der Waals surface area contributed by atoms with Gasteiger partial charge in [0.15, 0.2) is 0 Å². The van der Waals surface area contributed by atoms with Gasteiger partial charge in [0.25, 0.3) is 0 Å². The number of aromatic nitrogens is 2. The molecule has 2 unspecified atom stereocenters. The van der Waals surface area contributed by atoms with Crippen molar-refractivity contribution in [2.45, 2.75) is 25.1 Å². The van der Waals surface area contributed by atoms with Crippen LogP contribution in [0.25, 0.3) is 0 Å². The van der Waals surface area contributed by atoms with Gasteiger partial charge < -0.3 is 9.67 Å². The van der Waals surface area contributed by atoms with Crippen LogP contribution in [0.4, 0.5) is 4.39 Å². The molecule has 0 aliphatic carbocycles. The molecule has 0 amide bonds. The van der Waals surface area contributed by atoms with Crippen molar-refractivity contribution in [3.63, 3.8) is 0 Å². The van der Waals surface area contributed by atoms with Crippen LogP contribution in [0, 0.1) is 5.82 Å². The van der Waals surface area contributed by atoms with Crippen molar-refractivity contribution in [3.8, 4) is 0 Å². The maximum absolute atomic E-state index is 13.0. The van der Waals surface area contributed by atoms with Crippen molar-refractivity contribution in [2.75, 3.05) is 13.1 Å². The van der Waals surface area contributed by atoms with Crippen molar-refractivity contribution in [2.24, 2.45) is 0 Å². The molecule has 2 aromatic rings. The van der Waals surface area contributed by atoms with E-state index in [0.717, 1.165) is 18.7 Å². The number of aliphatic hydroxyl groups is 1. The molecule has 0 spiro atoms. The summed E-state index contributed by atoms with van der Waals surface area (Å²) in [6.45, 7) is 2.34. The van der Waals surface area contributed by atoms with Crippen molar-refractivity contribution in [3.05, 3.63) is 54.4 Å². The summed E-state index contributed by atoms with van der Waals surface area (Å²) in [4.78, 5) is 6.27. The molecule has 1 aromatic carbocycles. The van der Waals surface area contributed by atoms with Crippen LogP contribution in [0.2, 0.25) is 0 Å². The van der Waals surface area contributed by atoms with Gasteiger partial charge in [-0.2, -0.15) is 0 Å². The van der Waals surface area contributed by atoms with E-state index in [9.17, 15) is 9.50 Å². The number of benzene rings is 1. The fraction of sp³-hybridized carbons (Fsp3) is 0.400. The van der Waals surface area contributed by atoms with E-state index < -0.39 is 0 Å². The van der Waals surface area contributed by atoms with Gasteiger partial charge >= 0.3 is 0 Å². The van der Waals surface area contributed by atoms with Gasteiger partial charge in [0.2, 0.25) is 0 Å². The first kappa shape index (κ1) is 13.3. The van der Waals surface area contributed by atoms with Crippen LogP contribution in [0.3, 0.4) is 0 Å². The molecule has 1 aliphatic heterocycles. The molecule has 106 valence electrons. The Hall–Kier alpha value is -1.72. The predicted octanol–water partition coefficient (Wildman–Crippen LogP) is 1.83. The van der Waals surface area contributed by atoms with Crippen LogP contribution < -0.4 is 0 Å². The molecule has 2 atom stereocenters. The molecule has 4 nitrogen and oxygen atoms in total. The van der Waals surface area contributed by atoms with Crippen molar-refractivity contribution in [1.82, 2.24) is 14.5 Å². The van der Waals surface area contributed by atoms with Gasteiger partial charge in [0.05, 0.1) is 12.4 Å². The Balaban J connectivity index is 1.69. The quantitative estimate of drug-likeness (QED) is 0.925. The lowest BCUT2D eigenvalue weighted by Crippen LogP contribution is -2.28. The third-order valence-corrected chi connectivity index (χ3v) is 3.84. The summed E-state index contributed by atoms with van der Waals surface area (Å²) >= 11 is 0. The van der Waals surface area contributed by atoms with E-state index in [1.165, 1.54) is 12.1 Å². The Morgan fingerprint density at radius 2 is 2.05 bits per heavy atom. The lowest BCUT2D eigenvalue weighted by atomic mass is 10.0. The Bertz CT molecular complexity index is 541. The Morgan fingerprint density at radius 1 is 1.25 bits per heavy atom. The Morgan fingerprint density at radius 3 is 2.75 bits per heavy atom. The summed E-state index contributed by atoms with van der Waals surface area (Å²) in [5.41, 5.74) is 1.06. The molecule has 5 heteroatoms. The SMILES string of the molecule is OC1CC(c2ccc(F)cc2)N(CCn2ccnc2)C1. The number of likely N-dealkylation sites (tertiary alicyclic amines) is 1. The molecule has 0 saturated carbocycles. The average molecular weight is 275 g/mol. The molecule has 1 saturated heterocycles. The van der Waals surface area contributed by atoms with Gasteiger partial charge in [0.1, 0.15) is 5.82 Å². The standard InChI is InChI=1S/C15H18FN3O/c16-13-3-1-12(2-4-13)15-9-14(20)10-19(15)8-7-18-6-5-17-11-18/h1-6,11,14-15,20H,7-10H2. The largest absolute Gasteiger partial charge is 0.392 e. The first-order valence-corrected chi connectivity index (χ1v) is 6.85. The summed E-state index contributed by atoms with van der Waals surface area (Å²) in [5, 5.41) is 9.91. The van der Waals surface area contributed by atoms with Gasteiger partial charge in [0, 0.05) is 38.1 Å². The molecule has 1 aromatic heterocycles. The van der Waals surface area contributed by atoms with E-state index in [2.05, 4.69) is 9.88 Å². The second kappa shape index (κ2) is 5.73. The maximum atomic E-state index is 13.0. The summed E-state index contributed by atoms with van der Waals surface area (Å²) in [6.07, 6.45) is 5.87. The van der Waals surface area contributed by atoms with Crippen LogP contribution in [0.15, 0.2) is 43.0 Å². The number of hydrogen-bond donors (Lipinski definition) is 1. The zero-order valence-electron chi connectivity index (χ0n) is 11.2. The third-order valence-electron chi connectivity index (χ3n) is 3.84. The molecule has 1 fully saturated rings. The number of aliphatic hydroxyl groups excluding tert-OH is 1. The first-order chi connectivity index (χ1) is 9.72. The molecule has 1 aliphatic rings. The second-order valence-corrected chi connectivity index (χ2v) is 5.25. The molecule has 3 rings (SSSR count). The molecule has 0 bridgehead atoms. The number of rotatable bonds is 4. The highest BCUT2D eigenvalue weighted by atomic mass is 19.1. The van der Waals surface area contributed by atoms with E-state index in [1.807, 2.05) is 22.9 Å². The van der Waals surface area contributed by atoms with E-state index in [0.29, 0.717) is 13.0 Å². The molecule has 20 heavy (non-hydrogen) atoms. The minimum Gasteiger partial charge on any atom is -0.392 e. The van der Waals surface area contributed by atoms with Crippen LogP contribution in [-0.2, 0) is 6.54 Å². The molecule has 0 radical (unpaired) electrons. The normalized spacial score (nSPS) is 23.3. The highest BCUT2D eigenvalue weighted by Gasteiger charge is 2.31. The summed E-state index contributed by atoms with van der Waals surface area (Å²) < 4.78 is 15.0. The Labute approximate surface area is 117 Å². The second-order valence-electron chi connectivity index (χ2n) is 5.25. The van der Waals surface area contributed by atoms with E-state index >= 15 is 0 Å². The third kappa shape index (κ3) is 2.89. The summed E-state index contributed by atoms with van der Waals surface area (Å²) in [7, 11) is 0. The summed E-state index contributed by atoms with van der Waals surface area (Å²) in [5.74, 6) is -0.225. The predicted molar refractivity (Wildman–Crippen MR) is 73.6 cm³/mol. The zero-order chi connectivity index (χ0) is 13.9. The van der Waals surface area contributed by atoms with E-state index in [1.54, 1.807) is 12.5 Å². The van der Waals surface area contributed by atoms with Gasteiger partial charge in [-0.05, 0) is 24.1 Å². The fourth-order valence-electron chi connectivity index (χ4n) is 2.82. The highest BCUT2D eigenvalue weighted by molar-refractivity contribution is 5.21. The topological polar surface area (TPSA) is 41.3 Å². The number of halogens is 1. The van der Waals surface area contributed by atoms with Crippen LogP contribution in [0.5, 0.6) is 0 Å². The van der Waals surface area contributed by atoms with Crippen molar-refractivity contribution < 1.29 is 9.50 Å². The van der Waals surface area contributed by atoms with Gasteiger partial charge in [-0.1, -0.05) is 12.1 Å². The number of imidazole rings is 1. The highest BCUT2D eigenvalue weighted by Crippen LogP contribution is 2.31. The van der Waals surface area contributed by atoms with Gasteiger partial charge in [-0.15, -0.1) is 0 Å². The van der Waals surface area contributed by atoms with Crippen molar-refractivity contribution >= 4 is 0 Å². The Kier molecular flexibility index (Phi) is 3.80. The fourth-order valence-corrected chi connectivity index (χ4v) is 2.82. The molecule has 2 heterocycles. The molecular formula is C15H18FN3O. The zero-order valence-corrected chi connectivity index (χ0v) is 11.2. The molecule has 1 N–H and O–H groups in total. The minimum atomic E-state index is -0.312. The maximum Gasteiger partial charge on any atom is 0.123 e. The monoisotopic (exact) mass is 275 g/mol. The first-order valence-electron chi connectivity index (χ1n) is 6.85. The molecular weight excluding hydrogens is 257 g/mol.